The summed E-state index contributed by atoms with van der Waals surface area (Å²) in [5.74, 6) is 1.96. The van der Waals surface area contributed by atoms with E-state index in [1.807, 2.05) is 57.2 Å². The molecule has 5 heteroatoms. The molecule has 1 N–H and O–H groups in total. The third kappa shape index (κ3) is 4.54. The van der Waals surface area contributed by atoms with Gasteiger partial charge in [0.25, 0.3) is 5.91 Å². The molecule has 0 saturated heterocycles. The molecule has 0 unspecified atom stereocenters. The van der Waals surface area contributed by atoms with Crippen LogP contribution < -0.4 is 19.5 Å². The van der Waals surface area contributed by atoms with E-state index in [0.29, 0.717) is 17.9 Å². The summed E-state index contributed by atoms with van der Waals surface area (Å²) in [6.07, 6.45) is 0.0673. The van der Waals surface area contributed by atoms with Gasteiger partial charge < -0.3 is 19.5 Å². The van der Waals surface area contributed by atoms with Crippen molar-refractivity contribution < 1.29 is 19.0 Å². The molecule has 0 bridgehead atoms. The number of benzene rings is 2. The average Bonchev–Trinajstić information content (AvgIpc) is 2.60. The molecule has 27 heavy (non-hydrogen) atoms. The molecule has 0 fully saturated rings. The number of amides is 1. The molecule has 0 spiro atoms. The fourth-order valence-electron chi connectivity index (χ4n) is 3.31. The predicted molar refractivity (Wildman–Crippen MR) is 104 cm³/mol. The highest BCUT2D eigenvalue weighted by molar-refractivity contribution is 5.81. The Morgan fingerprint density at radius 1 is 1.22 bits per heavy atom. The number of rotatable bonds is 5. The molecule has 0 radical (unpaired) electrons. The van der Waals surface area contributed by atoms with E-state index in [-0.39, 0.29) is 17.6 Å². The average molecular weight is 369 g/mol. The molecule has 1 amide bonds. The summed E-state index contributed by atoms with van der Waals surface area (Å²) in [5.41, 5.74) is 1.78. The lowest BCUT2D eigenvalue weighted by atomic mass is 9.89. The largest absolute Gasteiger partial charge is 0.497 e. The van der Waals surface area contributed by atoms with Crippen LogP contribution in [-0.2, 0) is 4.79 Å². The number of carbonyl (C=O) groups excluding carboxylic acids is 1. The van der Waals surface area contributed by atoms with E-state index in [1.165, 1.54) is 0 Å². The Morgan fingerprint density at radius 2 is 1.96 bits per heavy atom. The summed E-state index contributed by atoms with van der Waals surface area (Å²) >= 11 is 0. The van der Waals surface area contributed by atoms with Crippen LogP contribution in [0.4, 0.5) is 0 Å². The number of ether oxygens (including phenoxy) is 3. The van der Waals surface area contributed by atoms with Gasteiger partial charge in [0.05, 0.1) is 13.2 Å². The summed E-state index contributed by atoms with van der Waals surface area (Å²) in [6, 6.07) is 13.2. The minimum atomic E-state index is -0.628. The van der Waals surface area contributed by atoms with Crippen molar-refractivity contribution >= 4 is 5.91 Å². The van der Waals surface area contributed by atoms with Gasteiger partial charge in [-0.25, -0.2) is 0 Å². The van der Waals surface area contributed by atoms with Crippen molar-refractivity contribution in [2.24, 2.45) is 0 Å². The van der Waals surface area contributed by atoms with Gasteiger partial charge in [-0.1, -0.05) is 18.2 Å². The second kappa shape index (κ2) is 7.51. The van der Waals surface area contributed by atoms with Crippen LogP contribution >= 0.6 is 0 Å². The Kier molecular flexibility index (Phi) is 5.31. The van der Waals surface area contributed by atoms with Crippen LogP contribution in [0.15, 0.2) is 42.5 Å². The maximum absolute atomic E-state index is 12.7. The highest BCUT2D eigenvalue weighted by atomic mass is 16.5. The van der Waals surface area contributed by atoms with Gasteiger partial charge >= 0.3 is 0 Å². The smallest absolute Gasteiger partial charge is 0.261 e. The molecule has 0 saturated carbocycles. The lowest BCUT2D eigenvalue weighted by molar-refractivity contribution is -0.128. The van der Waals surface area contributed by atoms with E-state index in [1.54, 1.807) is 20.1 Å². The Balaban J connectivity index is 1.73. The second-order valence-corrected chi connectivity index (χ2v) is 7.61. The summed E-state index contributed by atoms with van der Waals surface area (Å²) in [5, 5.41) is 3.12. The van der Waals surface area contributed by atoms with Crippen LogP contribution in [0.5, 0.6) is 17.2 Å². The van der Waals surface area contributed by atoms with E-state index >= 15 is 0 Å². The van der Waals surface area contributed by atoms with Crippen molar-refractivity contribution in [3.63, 3.8) is 0 Å². The van der Waals surface area contributed by atoms with E-state index < -0.39 is 6.10 Å². The Labute approximate surface area is 160 Å². The lowest BCUT2D eigenvalue weighted by Gasteiger charge is -2.38. The first-order valence-electron chi connectivity index (χ1n) is 9.18. The first-order chi connectivity index (χ1) is 12.8. The van der Waals surface area contributed by atoms with Crippen LogP contribution in [0.3, 0.4) is 0 Å². The molecule has 2 aromatic carbocycles. The zero-order chi connectivity index (χ0) is 19.6. The molecule has 0 aliphatic carbocycles. The summed E-state index contributed by atoms with van der Waals surface area (Å²) < 4.78 is 17.1. The van der Waals surface area contributed by atoms with Crippen LogP contribution in [0, 0.1) is 6.92 Å². The van der Waals surface area contributed by atoms with Gasteiger partial charge in [0, 0.05) is 18.1 Å². The summed E-state index contributed by atoms with van der Waals surface area (Å²) in [7, 11) is 1.60. The quantitative estimate of drug-likeness (QED) is 0.859. The number of methoxy groups -OCH3 is 1. The van der Waals surface area contributed by atoms with Crippen molar-refractivity contribution in [3.05, 3.63) is 53.6 Å². The maximum atomic E-state index is 12.7. The zero-order valence-electron chi connectivity index (χ0n) is 16.5. The first kappa shape index (κ1) is 19.1. The van der Waals surface area contributed by atoms with Crippen molar-refractivity contribution in [1.82, 2.24) is 5.32 Å². The maximum Gasteiger partial charge on any atom is 0.261 e. The monoisotopic (exact) mass is 369 g/mol. The van der Waals surface area contributed by atoms with Crippen LogP contribution in [0.1, 0.15) is 44.4 Å². The van der Waals surface area contributed by atoms with Crippen LogP contribution in [-0.4, -0.2) is 24.7 Å². The molecule has 1 aliphatic heterocycles. The first-order valence-corrected chi connectivity index (χ1v) is 9.18. The molecular formula is C22H27NO4. The zero-order valence-corrected chi connectivity index (χ0v) is 16.5. The van der Waals surface area contributed by atoms with E-state index in [0.717, 1.165) is 16.9 Å². The number of carbonyl (C=O) groups is 1. The normalized spacial score (nSPS) is 18.6. The van der Waals surface area contributed by atoms with Crippen molar-refractivity contribution in [1.29, 1.82) is 0 Å². The van der Waals surface area contributed by atoms with Gasteiger partial charge in [-0.3, -0.25) is 4.79 Å². The third-order valence-electron chi connectivity index (χ3n) is 4.67. The van der Waals surface area contributed by atoms with E-state index in [4.69, 9.17) is 14.2 Å². The Hall–Kier alpha value is -2.69. The molecule has 1 aliphatic rings. The number of hydrogen-bond acceptors (Lipinski definition) is 4. The number of hydrogen-bond donors (Lipinski definition) is 1. The fraction of sp³-hybridized carbons (Fsp3) is 0.409. The summed E-state index contributed by atoms with van der Waals surface area (Å²) in [6.45, 7) is 7.85. The number of nitrogens with one attached hydrogen (secondary N) is 1. The van der Waals surface area contributed by atoms with Gasteiger partial charge in [0.2, 0.25) is 0 Å². The molecular weight excluding hydrogens is 342 g/mol. The fourth-order valence-corrected chi connectivity index (χ4v) is 3.31. The molecule has 2 atom stereocenters. The van der Waals surface area contributed by atoms with Crippen molar-refractivity contribution in [3.8, 4) is 17.2 Å². The number of fused-ring (bicyclic) bond motifs is 1. The Bertz CT molecular complexity index is 831. The van der Waals surface area contributed by atoms with E-state index in [2.05, 4.69) is 5.32 Å². The van der Waals surface area contributed by atoms with Crippen molar-refractivity contribution in [2.45, 2.75) is 51.9 Å². The SMILES string of the molecule is COc1cccc(O[C@@H](C)C(=O)N[C@@H]2CC(C)(C)Oc3cc(C)ccc32)c1. The Morgan fingerprint density at radius 3 is 2.70 bits per heavy atom. The highest BCUT2D eigenvalue weighted by Crippen LogP contribution is 2.40. The molecule has 1 heterocycles. The molecule has 2 aromatic rings. The third-order valence-corrected chi connectivity index (χ3v) is 4.67. The molecule has 144 valence electrons. The topological polar surface area (TPSA) is 56.8 Å². The van der Waals surface area contributed by atoms with E-state index in [9.17, 15) is 4.79 Å². The van der Waals surface area contributed by atoms with Gasteiger partial charge in [0.1, 0.15) is 22.8 Å². The molecule has 5 nitrogen and oxygen atoms in total. The second-order valence-electron chi connectivity index (χ2n) is 7.61. The van der Waals surface area contributed by atoms with Crippen molar-refractivity contribution in [2.75, 3.05) is 7.11 Å². The minimum Gasteiger partial charge on any atom is -0.497 e. The highest BCUT2D eigenvalue weighted by Gasteiger charge is 2.35. The van der Waals surface area contributed by atoms with Gasteiger partial charge in [0.15, 0.2) is 6.10 Å². The van der Waals surface area contributed by atoms with Gasteiger partial charge in [-0.15, -0.1) is 0 Å². The molecule has 3 rings (SSSR count). The van der Waals surface area contributed by atoms with Crippen LogP contribution in [0.25, 0.3) is 0 Å². The standard InChI is InChI=1S/C22H27NO4/c1-14-9-10-18-19(13-22(3,4)27-20(18)11-14)23-21(24)15(2)26-17-8-6-7-16(12-17)25-5/h6-12,15,19H,13H2,1-5H3,(H,23,24)/t15-,19+/m0/s1. The van der Waals surface area contributed by atoms with Gasteiger partial charge in [-0.2, -0.15) is 0 Å². The minimum absolute atomic E-state index is 0.117. The lowest BCUT2D eigenvalue weighted by Crippen LogP contribution is -2.44. The predicted octanol–water partition coefficient (Wildman–Crippen LogP) is 4.19. The van der Waals surface area contributed by atoms with Gasteiger partial charge in [-0.05, 0) is 51.5 Å². The van der Waals surface area contributed by atoms with Crippen LogP contribution in [0.2, 0.25) is 0 Å². The summed E-state index contributed by atoms with van der Waals surface area (Å²) in [4.78, 5) is 12.7. The molecule has 0 aromatic heterocycles. The number of aryl methyl sites for hydroxylation is 1.